The topological polar surface area (TPSA) is 12.0 Å². The van der Waals surface area contributed by atoms with Gasteiger partial charge in [-0.2, -0.15) is 0 Å². The SMILES string of the molecule is Fc1cccc2c1CCC2Nc1cc(Cl)ccc1Cl. The van der Waals surface area contributed by atoms with E-state index in [2.05, 4.69) is 5.32 Å². The van der Waals surface area contributed by atoms with Crippen molar-refractivity contribution >= 4 is 28.9 Å². The summed E-state index contributed by atoms with van der Waals surface area (Å²) in [5, 5.41) is 4.60. The molecular weight excluding hydrogens is 284 g/mol. The molecule has 1 nitrogen and oxygen atoms in total. The van der Waals surface area contributed by atoms with Crippen LogP contribution in [0, 0.1) is 5.82 Å². The Kier molecular flexibility index (Phi) is 3.38. The molecule has 0 heterocycles. The first-order valence-electron chi connectivity index (χ1n) is 6.14. The molecule has 0 radical (unpaired) electrons. The third-order valence-corrected chi connectivity index (χ3v) is 4.04. The molecule has 4 heteroatoms. The van der Waals surface area contributed by atoms with Crippen molar-refractivity contribution in [2.24, 2.45) is 0 Å². The van der Waals surface area contributed by atoms with Gasteiger partial charge in [0.15, 0.2) is 0 Å². The van der Waals surface area contributed by atoms with E-state index in [9.17, 15) is 4.39 Å². The van der Waals surface area contributed by atoms with Crippen LogP contribution in [0.5, 0.6) is 0 Å². The van der Waals surface area contributed by atoms with E-state index in [0.29, 0.717) is 10.0 Å². The van der Waals surface area contributed by atoms with Gasteiger partial charge >= 0.3 is 0 Å². The molecule has 19 heavy (non-hydrogen) atoms. The van der Waals surface area contributed by atoms with Crippen LogP contribution >= 0.6 is 23.2 Å². The summed E-state index contributed by atoms with van der Waals surface area (Å²) < 4.78 is 13.7. The Bertz CT molecular complexity index is 628. The Morgan fingerprint density at radius 3 is 2.84 bits per heavy atom. The van der Waals surface area contributed by atoms with E-state index in [1.807, 2.05) is 6.07 Å². The smallest absolute Gasteiger partial charge is 0.126 e. The van der Waals surface area contributed by atoms with Crippen LogP contribution in [-0.2, 0) is 6.42 Å². The second kappa shape index (κ2) is 5.03. The zero-order chi connectivity index (χ0) is 13.4. The maximum Gasteiger partial charge on any atom is 0.126 e. The van der Waals surface area contributed by atoms with Crippen molar-refractivity contribution in [2.45, 2.75) is 18.9 Å². The van der Waals surface area contributed by atoms with Crippen molar-refractivity contribution < 1.29 is 4.39 Å². The van der Waals surface area contributed by atoms with Crippen LogP contribution in [0.25, 0.3) is 0 Å². The van der Waals surface area contributed by atoms with Crippen molar-refractivity contribution in [1.82, 2.24) is 0 Å². The summed E-state index contributed by atoms with van der Waals surface area (Å²) in [6.45, 7) is 0. The Balaban J connectivity index is 1.91. The monoisotopic (exact) mass is 295 g/mol. The highest BCUT2D eigenvalue weighted by Crippen LogP contribution is 2.37. The summed E-state index contributed by atoms with van der Waals surface area (Å²) >= 11 is 12.1. The van der Waals surface area contributed by atoms with E-state index >= 15 is 0 Å². The van der Waals surface area contributed by atoms with E-state index in [0.717, 1.165) is 29.7 Å². The van der Waals surface area contributed by atoms with E-state index < -0.39 is 0 Å². The third-order valence-electron chi connectivity index (χ3n) is 3.47. The number of nitrogens with one attached hydrogen (secondary N) is 1. The van der Waals surface area contributed by atoms with Gasteiger partial charge in [-0.25, -0.2) is 4.39 Å². The van der Waals surface area contributed by atoms with Gasteiger partial charge in [0.05, 0.1) is 16.8 Å². The Hall–Kier alpha value is -1.25. The molecule has 0 amide bonds. The standard InChI is InChI=1S/C15H12Cl2FN/c16-9-4-6-12(17)15(8-9)19-14-7-5-10-11(14)2-1-3-13(10)18/h1-4,6,8,14,19H,5,7H2. The highest BCUT2D eigenvalue weighted by Gasteiger charge is 2.25. The lowest BCUT2D eigenvalue weighted by Crippen LogP contribution is -2.07. The predicted octanol–water partition coefficient (Wildman–Crippen LogP) is 5.23. The summed E-state index contributed by atoms with van der Waals surface area (Å²) in [4.78, 5) is 0. The lowest BCUT2D eigenvalue weighted by Gasteiger charge is -2.17. The fraction of sp³-hybridized carbons (Fsp3) is 0.200. The zero-order valence-electron chi connectivity index (χ0n) is 10.1. The minimum Gasteiger partial charge on any atom is -0.377 e. The predicted molar refractivity (Wildman–Crippen MR) is 77.5 cm³/mol. The van der Waals surface area contributed by atoms with Gasteiger partial charge in [0.2, 0.25) is 0 Å². The molecule has 0 fully saturated rings. The summed E-state index contributed by atoms with van der Waals surface area (Å²) in [5.41, 5.74) is 2.60. The molecular formula is C15H12Cl2FN. The molecule has 1 atom stereocenters. The van der Waals surface area contributed by atoms with Gasteiger partial charge in [0.1, 0.15) is 5.82 Å². The lowest BCUT2D eigenvalue weighted by molar-refractivity contribution is 0.612. The van der Waals surface area contributed by atoms with Crippen LogP contribution in [0.2, 0.25) is 10.0 Å². The highest BCUT2D eigenvalue weighted by molar-refractivity contribution is 6.35. The fourth-order valence-electron chi connectivity index (χ4n) is 2.56. The Labute approximate surface area is 121 Å². The van der Waals surface area contributed by atoms with Gasteiger partial charge in [-0.3, -0.25) is 0 Å². The van der Waals surface area contributed by atoms with Gasteiger partial charge in [0.25, 0.3) is 0 Å². The average molecular weight is 296 g/mol. The minimum atomic E-state index is -0.126. The molecule has 0 spiro atoms. The lowest BCUT2D eigenvalue weighted by atomic mass is 10.1. The fourth-order valence-corrected chi connectivity index (χ4v) is 2.90. The number of halogens is 3. The van der Waals surface area contributed by atoms with Crippen molar-refractivity contribution in [2.75, 3.05) is 5.32 Å². The molecule has 1 N–H and O–H groups in total. The van der Waals surface area contributed by atoms with Gasteiger partial charge < -0.3 is 5.32 Å². The molecule has 0 saturated carbocycles. The zero-order valence-corrected chi connectivity index (χ0v) is 11.6. The van der Waals surface area contributed by atoms with Gasteiger partial charge in [-0.15, -0.1) is 0 Å². The number of rotatable bonds is 2. The summed E-state index contributed by atoms with van der Waals surface area (Å²) in [5.74, 6) is -0.126. The first-order chi connectivity index (χ1) is 9.15. The molecule has 98 valence electrons. The maximum absolute atomic E-state index is 13.7. The average Bonchev–Trinajstić information content (AvgIpc) is 2.79. The number of hydrogen-bond acceptors (Lipinski definition) is 1. The third kappa shape index (κ3) is 2.43. The van der Waals surface area contributed by atoms with Gasteiger partial charge in [-0.05, 0) is 48.2 Å². The molecule has 0 bridgehead atoms. The van der Waals surface area contributed by atoms with Crippen molar-refractivity contribution in [3.8, 4) is 0 Å². The van der Waals surface area contributed by atoms with Crippen LogP contribution < -0.4 is 5.32 Å². The van der Waals surface area contributed by atoms with Crippen LogP contribution in [0.15, 0.2) is 36.4 Å². The highest BCUT2D eigenvalue weighted by atomic mass is 35.5. The number of benzene rings is 2. The summed E-state index contributed by atoms with van der Waals surface area (Å²) in [7, 11) is 0. The molecule has 1 unspecified atom stereocenters. The van der Waals surface area contributed by atoms with E-state index in [1.54, 1.807) is 24.3 Å². The van der Waals surface area contributed by atoms with Gasteiger partial charge in [0, 0.05) is 5.02 Å². The number of anilines is 1. The second-order valence-electron chi connectivity index (χ2n) is 4.67. The molecule has 2 aromatic rings. The van der Waals surface area contributed by atoms with Crippen molar-refractivity contribution in [3.63, 3.8) is 0 Å². The first kappa shape index (κ1) is 12.8. The number of hydrogen-bond donors (Lipinski definition) is 1. The molecule has 3 rings (SSSR count). The normalized spacial score (nSPS) is 17.3. The first-order valence-corrected chi connectivity index (χ1v) is 6.89. The Morgan fingerprint density at radius 2 is 2.00 bits per heavy atom. The molecule has 0 aliphatic heterocycles. The molecule has 0 aromatic heterocycles. The van der Waals surface area contributed by atoms with Crippen LogP contribution in [0.1, 0.15) is 23.6 Å². The minimum absolute atomic E-state index is 0.0849. The van der Waals surface area contributed by atoms with Crippen LogP contribution in [0.4, 0.5) is 10.1 Å². The van der Waals surface area contributed by atoms with Crippen molar-refractivity contribution in [1.29, 1.82) is 0 Å². The Morgan fingerprint density at radius 1 is 1.16 bits per heavy atom. The quantitative estimate of drug-likeness (QED) is 0.800. The maximum atomic E-state index is 13.7. The molecule has 2 aromatic carbocycles. The molecule has 1 aliphatic carbocycles. The molecule has 0 saturated heterocycles. The number of fused-ring (bicyclic) bond motifs is 1. The van der Waals surface area contributed by atoms with E-state index in [1.165, 1.54) is 6.07 Å². The second-order valence-corrected chi connectivity index (χ2v) is 5.51. The van der Waals surface area contributed by atoms with E-state index in [4.69, 9.17) is 23.2 Å². The summed E-state index contributed by atoms with van der Waals surface area (Å²) in [6, 6.07) is 10.6. The summed E-state index contributed by atoms with van der Waals surface area (Å²) in [6.07, 6.45) is 1.61. The largest absolute Gasteiger partial charge is 0.377 e. The molecule has 1 aliphatic rings. The van der Waals surface area contributed by atoms with Crippen LogP contribution in [0.3, 0.4) is 0 Å². The van der Waals surface area contributed by atoms with Crippen molar-refractivity contribution in [3.05, 3.63) is 63.4 Å². The van der Waals surface area contributed by atoms with Crippen LogP contribution in [-0.4, -0.2) is 0 Å². The van der Waals surface area contributed by atoms with Gasteiger partial charge in [-0.1, -0.05) is 35.3 Å². The van der Waals surface area contributed by atoms with E-state index in [-0.39, 0.29) is 11.9 Å².